The van der Waals surface area contributed by atoms with Crippen molar-refractivity contribution in [2.75, 3.05) is 4.31 Å². The Labute approximate surface area is 87.5 Å². The van der Waals surface area contributed by atoms with Crippen molar-refractivity contribution in [1.82, 2.24) is 0 Å². The van der Waals surface area contributed by atoms with Gasteiger partial charge in [-0.05, 0) is 30.7 Å². The average Bonchev–Trinajstić information content (AvgIpc) is 2.44. The lowest BCUT2D eigenvalue weighted by atomic mass is 10.0. The Kier molecular flexibility index (Phi) is 1.97. The van der Waals surface area contributed by atoms with Crippen molar-refractivity contribution in [3.05, 3.63) is 29.3 Å². The van der Waals surface area contributed by atoms with E-state index in [1.54, 1.807) is 18.2 Å². The Morgan fingerprint density at radius 3 is 2.93 bits per heavy atom. The van der Waals surface area contributed by atoms with E-state index in [1.165, 1.54) is 4.31 Å². The van der Waals surface area contributed by atoms with Gasteiger partial charge in [-0.2, -0.15) is 5.26 Å². The monoisotopic (exact) mass is 204 g/mol. The highest BCUT2D eigenvalue weighted by atomic mass is 32.1. The lowest BCUT2D eigenvalue weighted by molar-refractivity contribution is -0.117. The van der Waals surface area contributed by atoms with Crippen LogP contribution in [0.1, 0.15) is 24.0 Å². The number of carbonyl (C=O) groups excluding carboxylic acids is 1. The number of hydrogen-bond acceptors (Lipinski definition) is 3. The largest absolute Gasteiger partial charge is 0.273 e. The third-order valence-corrected chi connectivity index (χ3v) is 2.84. The maximum atomic E-state index is 11.5. The highest BCUT2D eigenvalue weighted by Gasteiger charge is 2.32. The molecule has 0 N–H and O–H groups in total. The molecule has 1 aromatic carbocycles. The molecule has 0 spiro atoms. The molecule has 0 bridgehead atoms. The number of amides is 1. The number of carbonyl (C=O) groups is 1. The van der Waals surface area contributed by atoms with Crippen LogP contribution in [0.25, 0.3) is 0 Å². The number of benzene rings is 1. The number of nitrogens with zero attached hydrogens (tertiary/aromatic N) is 2. The molecule has 0 radical (unpaired) electrons. The molecule has 1 aliphatic rings. The molecule has 1 aliphatic heterocycles. The number of fused-ring (bicyclic) bond motifs is 1. The van der Waals surface area contributed by atoms with Crippen LogP contribution in [0, 0.1) is 11.3 Å². The van der Waals surface area contributed by atoms with Crippen LogP contribution in [0.2, 0.25) is 0 Å². The molecule has 0 saturated carbocycles. The summed E-state index contributed by atoms with van der Waals surface area (Å²) in [5, 5.41) is 8.72. The molecular weight excluding hydrogens is 196 g/mol. The van der Waals surface area contributed by atoms with Gasteiger partial charge < -0.3 is 0 Å². The van der Waals surface area contributed by atoms with Gasteiger partial charge in [0.1, 0.15) is 0 Å². The fourth-order valence-corrected chi connectivity index (χ4v) is 1.95. The lowest BCUT2D eigenvalue weighted by Crippen LogP contribution is -2.16. The molecule has 1 unspecified atom stereocenters. The number of nitriles is 1. The van der Waals surface area contributed by atoms with Crippen LogP contribution >= 0.6 is 12.8 Å². The van der Waals surface area contributed by atoms with Gasteiger partial charge in [-0.15, -0.1) is 0 Å². The number of anilines is 1. The summed E-state index contributed by atoms with van der Waals surface area (Å²) in [5.41, 5.74) is 2.24. The van der Waals surface area contributed by atoms with E-state index in [1.807, 2.05) is 6.92 Å². The van der Waals surface area contributed by atoms with Crippen LogP contribution in [0.15, 0.2) is 18.2 Å². The van der Waals surface area contributed by atoms with Gasteiger partial charge in [-0.3, -0.25) is 9.10 Å². The summed E-state index contributed by atoms with van der Waals surface area (Å²) < 4.78 is 1.33. The van der Waals surface area contributed by atoms with Crippen LogP contribution < -0.4 is 4.31 Å². The Balaban J connectivity index is 2.60. The fraction of sp³-hybridized carbons (Fsp3) is 0.200. The van der Waals surface area contributed by atoms with Gasteiger partial charge in [0.25, 0.3) is 0 Å². The standard InChI is InChI=1S/C10H8N2OS/c1-6-8-4-7(5-11)2-3-9(8)12(14)10(6)13/h2-4,6,14H,1H3. The van der Waals surface area contributed by atoms with E-state index in [4.69, 9.17) is 5.26 Å². The van der Waals surface area contributed by atoms with Gasteiger partial charge in [0.15, 0.2) is 0 Å². The molecule has 70 valence electrons. The second-order valence-electron chi connectivity index (χ2n) is 3.26. The Morgan fingerprint density at radius 1 is 1.57 bits per heavy atom. The molecular formula is C10H8N2OS. The molecule has 14 heavy (non-hydrogen) atoms. The van der Waals surface area contributed by atoms with Crippen molar-refractivity contribution >= 4 is 24.4 Å². The SMILES string of the molecule is CC1C(=O)N(S)c2ccc(C#N)cc21. The summed E-state index contributed by atoms with van der Waals surface area (Å²) in [6, 6.07) is 7.24. The Bertz CT molecular complexity index is 450. The maximum absolute atomic E-state index is 11.5. The summed E-state index contributed by atoms with van der Waals surface area (Å²) in [6.07, 6.45) is 0. The zero-order chi connectivity index (χ0) is 10.3. The van der Waals surface area contributed by atoms with Gasteiger partial charge in [0.2, 0.25) is 5.91 Å². The number of rotatable bonds is 0. The summed E-state index contributed by atoms with van der Waals surface area (Å²) in [7, 11) is 0. The van der Waals surface area contributed by atoms with Crippen molar-refractivity contribution in [3.8, 4) is 6.07 Å². The first-order valence-corrected chi connectivity index (χ1v) is 4.62. The molecule has 3 nitrogen and oxygen atoms in total. The second-order valence-corrected chi connectivity index (χ2v) is 3.66. The van der Waals surface area contributed by atoms with E-state index in [9.17, 15) is 4.79 Å². The van der Waals surface area contributed by atoms with Gasteiger partial charge >= 0.3 is 0 Å². The van der Waals surface area contributed by atoms with E-state index in [-0.39, 0.29) is 11.8 Å². The molecule has 4 heteroatoms. The minimum atomic E-state index is -0.198. The number of hydrogen-bond donors (Lipinski definition) is 1. The molecule has 0 fully saturated rings. The lowest BCUT2D eigenvalue weighted by Gasteiger charge is -2.07. The van der Waals surface area contributed by atoms with Crippen molar-refractivity contribution in [3.63, 3.8) is 0 Å². The maximum Gasteiger partial charge on any atom is 0.244 e. The molecule has 0 aliphatic carbocycles. The van der Waals surface area contributed by atoms with Gasteiger partial charge in [-0.25, -0.2) is 0 Å². The van der Waals surface area contributed by atoms with Crippen molar-refractivity contribution < 1.29 is 4.79 Å². The summed E-state index contributed by atoms with van der Waals surface area (Å²) >= 11 is 4.09. The molecule has 2 rings (SSSR count). The Morgan fingerprint density at radius 2 is 2.29 bits per heavy atom. The molecule has 1 heterocycles. The first-order valence-electron chi connectivity index (χ1n) is 4.22. The summed E-state index contributed by atoms with van der Waals surface area (Å²) in [6.45, 7) is 1.82. The van der Waals surface area contributed by atoms with Crippen LogP contribution in [0.5, 0.6) is 0 Å². The zero-order valence-corrected chi connectivity index (χ0v) is 8.45. The summed E-state index contributed by atoms with van der Waals surface area (Å²) in [5.74, 6) is -0.241. The van der Waals surface area contributed by atoms with E-state index >= 15 is 0 Å². The predicted octanol–water partition coefficient (Wildman–Crippen LogP) is 1.85. The van der Waals surface area contributed by atoms with E-state index in [2.05, 4.69) is 18.9 Å². The minimum absolute atomic E-state index is 0.0431. The normalized spacial score (nSPS) is 19.4. The fourth-order valence-electron chi connectivity index (χ4n) is 1.60. The highest BCUT2D eigenvalue weighted by molar-refractivity contribution is 7.82. The van der Waals surface area contributed by atoms with Crippen LogP contribution in [0.4, 0.5) is 5.69 Å². The molecule has 1 amide bonds. The van der Waals surface area contributed by atoms with E-state index in [0.29, 0.717) is 5.56 Å². The highest BCUT2D eigenvalue weighted by Crippen LogP contribution is 2.38. The molecule has 0 saturated heterocycles. The van der Waals surface area contributed by atoms with Crippen molar-refractivity contribution in [1.29, 1.82) is 5.26 Å². The van der Waals surface area contributed by atoms with Crippen LogP contribution in [-0.4, -0.2) is 5.91 Å². The Hall–Kier alpha value is -1.47. The zero-order valence-electron chi connectivity index (χ0n) is 7.56. The smallest absolute Gasteiger partial charge is 0.244 e. The van der Waals surface area contributed by atoms with Crippen LogP contribution in [-0.2, 0) is 4.79 Å². The second kappa shape index (κ2) is 3.03. The minimum Gasteiger partial charge on any atom is -0.273 e. The first-order chi connectivity index (χ1) is 6.65. The third-order valence-electron chi connectivity index (χ3n) is 2.43. The van der Waals surface area contributed by atoms with Crippen LogP contribution in [0.3, 0.4) is 0 Å². The molecule has 1 aromatic rings. The summed E-state index contributed by atoms with van der Waals surface area (Å²) in [4.78, 5) is 11.5. The van der Waals surface area contributed by atoms with Gasteiger partial charge in [-0.1, -0.05) is 12.8 Å². The topological polar surface area (TPSA) is 44.1 Å². The quantitative estimate of drug-likeness (QED) is 0.655. The molecule has 0 aromatic heterocycles. The number of thiol groups is 1. The van der Waals surface area contributed by atoms with E-state index < -0.39 is 0 Å². The predicted molar refractivity (Wildman–Crippen MR) is 56.0 cm³/mol. The van der Waals surface area contributed by atoms with Gasteiger partial charge in [0.05, 0.1) is 23.2 Å². The first kappa shape index (κ1) is 9.10. The van der Waals surface area contributed by atoms with Crippen molar-refractivity contribution in [2.45, 2.75) is 12.8 Å². The average molecular weight is 204 g/mol. The van der Waals surface area contributed by atoms with Crippen molar-refractivity contribution in [2.24, 2.45) is 0 Å². The molecule has 1 atom stereocenters. The van der Waals surface area contributed by atoms with E-state index in [0.717, 1.165) is 11.3 Å². The third kappa shape index (κ3) is 1.10. The van der Waals surface area contributed by atoms with Gasteiger partial charge in [0, 0.05) is 0 Å².